The van der Waals surface area contributed by atoms with Crippen molar-refractivity contribution in [3.63, 3.8) is 0 Å². The molecule has 1 rings (SSSR count). The molecule has 0 heterocycles. The molecule has 0 amide bonds. The summed E-state index contributed by atoms with van der Waals surface area (Å²) in [7, 11) is 0. The van der Waals surface area contributed by atoms with Gasteiger partial charge in [-0.3, -0.25) is 0 Å². The van der Waals surface area contributed by atoms with Crippen LogP contribution in [0, 0.1) is 0 Å². The van der Waals surface area contributed by atoms with Gasteiger partial charge in [0, 0.05) is 28.2 Å². The zero-order valence-electron chi connectivity index (χ0n) is 9.92. The number of rotatable bonds is 5. The monoisotopic (exact) mass is 286 g/mol. The first-order valence-corrected chi connectivity index (χ1v) is 6.26. The molecule has 90 valence electrons. The molecule has 0 saturated carbocycles. The highest BCUT2D eigenvalue weighted by Gasteiger charge is 2.07. The van der Waals surface area contributed by atoms with Crippen LogP contribution in [0.2, 0.25) is 0 Å². The van der Waals surface area contributed by atoms with Gasteiger partial charge in [-0.05, 0) is 31.0 Å². The molecule has 0 aliphatic rings. The van der Waals surface area contributed by atoms with Gasteiger partial charge < -0.3 is 14.8 Å². The quantitative estimate of drug-likeness (QED) is 0.576. The molecule has 16 heavy (non-hydrogen) atoms. The van der Waals surface area contributed by atoms with Crippen LogP contribution in [0.15, 0.2) is 18.2 Å². The Balaban J connectivity index is 2.67. The molecule has 4 heteroatoms. The normalized spacial score (nSPS) is 12.8. The van der Waals surface area contributed by atoms with Crippen LogP contribution in [-0.4, -0.2) is 17.2 Å². The lowest BCUT2D eigenvalue weighted by Gasteiger charge is -2.17. The predicted molar refractivity (Wildman–Crippen MR) is 72.1 cm³/mol. The second kappa shape index (κ2) is 6.11. The molecule has 0 aromatic heterocycles. The van der Waals surface area contributed by atoms with Gasteiger partial charge in [-0.25, -0.2) is 0 Å². The lowest BCUT2D eigenvalue weighted by molar-refractivity contribution is 0.475. The summed E-state index contributed by atoms with van der Waals surface area (Å²) in [6.45, 7) is 6.44. The fraction of sp³-hybridized carbons (Fsp3) is 0.500. The molecular formula is C12H19BrN2O. The topological polar surface area (TPSA) is 44.3 Å². The smallest absolute Gasteiger partial charge is 0.139 e. The van der Waals surface area contributed by atoms with Crippen LogP contribution in [0.4, 0.5) is 5.69 Å². The van der Waals surface area contributed by atoms with Crippen molar-refractivity contribution in [2.45, 2.75) is 39.3 Å². The van der Waals surface area contributed by atoms with Crippen LogP contribution >= 0.6 is 16.1 Å². The SMILES string of the molecule is CC(C)NC(C)Cc1ccc(O)c(NBr)c1. The standard InChI is InChI=1S/C12H19BrN2O/c1-8(2)14-9(3)6-10-4-5-12(16)11(7-10)15-13/h4-5,7-9,14-16H,6H2,1-3H3. The summed E-state index contributed by atoms with van der Waals surface area (Å²) >= 11 is 3.12. The highest BCUT2D eigenvalue weighted by molar-refractivity contribution is 9.10. The van der Waals surface area contributed by atoms with Gasteiger partial charge in [-0.15, -0.1) is 0 Å². The Morgan fingerprint density at radius 3 is 2.56 bits per heavy atom. The van der Waals surface area contributed by atoms with Crippen molar-refractivity contribution in [1.29, 1.82) is 0 Å². The summed E-state index contributed by atoms with van der Waals surface area (Å²) in [5.74, 6) is 0.255. The summed E-state index contributed by atoms with van der Waals surface area (Å²) in [5.41, 5.74) is 1.90. The zero-order valence-corrected chi connectivity index (χ0v) is 11.5. The first-order valence-electron chi connectivity index (χ1n) is 5.47. The number of hydrogen-bond acceptors (Lipinski definition) is 3. The van der Waals surface area contributed by atoms with E-state index in [1.165, 1.54) is 5.56 Å². The summed E-state index contributed by atoms with van der Waals surface area (Å²) in [4.78, 5) is 0. The molecular weight excluding hydrogens is 268 g/mol. The fourth-order valence-corrected chi connectivity index (χ4v) is 2.08. The molecule has 0 spiro atoms. The summed E-state index contributed by atoms with van der Waals surface area (Å²) < 4.78 is 2.79. The van der Waals surface area contributed by atoms with E-state index in [1.54, 1.807) is 6.07 Å². The van der Waals surface area contributed by atoms with E-state index in [1.807, 2.05) is 12.1 Å². The maximum absolute atomic E-state index is 9.51. The van der Waals surface area contributed by atoms with Gasteiger partial charge in [-0.1, -0.05) is 19.9 Å². The minimum atomic E-state index is 0.255. The van der Waals surface area contributed by atoms with Crippen molar-refractivity contribution >= 4 is 21.8 Å². The van der Waals surface area contributed by atoms with Gasteiger partial charge in [0.05, 0.1) is 5.69 Å². The Labute approximate surface area is 106 Å². The average Bonchev–Trinajstić information content (AvgIpc) is 2.19. The van der Waals surface area contributed by atoms with Crippen molar-refractivity contribution in [1.82, 2.24) is 5.32 Å². The second-order valence-electron chi connectivity index (χ2n) is 4.37. The van der Waals surface area contributed by atoms with Gasteiger partial charge >= 0.3 is 0 Å². The van der Waals surface area contributed by atoms with Gasteiger partial charge in [0.2, 0.25) is 0 Å². The molecule has 3 nitrogen and oxygen atoms in total. The zero-order chi connectivity index (χ0) is 12.1. The van der Waals surface area contributed by atoms with Crippen molar-refractivity contribution in [3.05, 3.63) is 23.8 Å². The van der Waals surface area contributed by atoms with Crippen molar-refractivity contribution in [2.75, 3.05) is 4.34 Å². The maximum Gasteiger partial charge on any atom is 0.139 e. The molecule has 0 saturated heterocycles. The van der Waals surface area contributed by atoms with Crippen LogP contribution in [-0.2, 0) is 6.42 Å². The fourth-order valence-electron chi connectivity index (χ4n) is 1.77. The van der Waals surface area contributed by atoms with Crippen LogP contribution in [0.3, 0.4) is 0 Å². The molecule has 0 fully saturated rings. The van der Waals surface area contributed by atoms with Crippen LogP contribution in [0.25, 0.3) is 0 Å². The molecule has 3 N–H and O–H groups in total. The van der Waals surface area contributed by atoms with E-state index in [-0.39, 0.29) is 5.75 Å². The lowest BCUT2D eigenvalue weighted by atomic mass is 10.1. The van der Waals surface area contributed by atoms with E-state index in [4.69, 9.17) is 0 Å². The number of aromatic hydroxyl groups is 1. The van der Waals surface area contributed by atoms with Crippen molar-refractivity contribution in [2.24, 2.45) is 0 Å². The number of phenolic OH excluding ortho intramolecular Hbond substituents is 1. The second-order valence-corrected chi connectivity index (χ2v) is 4.77. The maximum atomic E-state index is 9.51. The third kappa shape index (κ3) is 4.02. The molecule has 1 atom stereocenters. The van der Waals surface area contributed by atoms with Crippen molar-refractivity contribution < 1.29 is 5.11 Å². The van der Waals surface area contributed by atoms with E-state index in [0.29, 0.717) is 17.8 Å². The number of phenols is 1. The molecule has 0 aliphatic carbocycles. The predicted octanol–water partition coefficient (Wildman–Crippen LogP) is 3.04. The molecule has 1 unspecified atom stereocenters. The lowest BCUT2D eigenvalue weighted by Crippen LogP contribution is -2.33. The molecule has 0 bridgehead atoms. The highest BCUT2D eigenvalue weighted by Crippen LogP contribution is 2.25. The summed E-state index contributed by atoms with van der Waals surface area (Å²) in [6, 6.07) is 6.51. The minimum Gasteiger partial charge on any atom is -0.506 e. The van der Waals surface area contributed by atoms with Crippen molar-refractivity contribution in [3.8, 4) is 5.75 Å². The van der Waals surface area contributed by atoms with E-state index in [0.717, 1.165) is 6.42 Å². The third-order valence-corrected chi connectivity index (χ3v) is 2.75. The Kier molecular flexibility index (Phi) is 5.09. The van der Waals surface area contributed by atoms with Gasteiger partial charge in [-0.2, -0.15) is 0 Å². The molecule has 1 aromatic rings. The number of benzene rings is 1. The van der Waals surface area contributed by atoms with E-state index in [9.17, 15) is 5.11 Å². The highest BCUT2D eigenvalue weighted by atomic mass is 79.9. The first kappa shape index (κ1) is 13.3. The Bertz CT molecular complexity index is 342. The van der Waals surface area contributed by atoms with E-state index in [2.05, 4.69) is 46.6 Å². The molecule has 0 radical (unpaired) electrons. The first-order chi connectivity index (χ1) is 7.52. The molecule has 0 aliphatic heterocycles. The Morgan fingerprint density at radius 2 is 2.00 bits per heavy atom. The van der Waals surface area contributed by atoms with Crippen LogP contribution in [0.1, 0.15) is 26.3 Å². The van der Waals surface area contributed by atoms with E-state index < -0.39 is 0 Å². The van der Waals surface area contributed by atoms with Gasteiger partial charge in [0.15, 0.2) is 0 Å². The number of anilines is 1. The number of hydrogen-bond donors (Lipinski definition) is 3. The Hall–Kier alpha value is -0.740. The van der Waals surface area contributed by atoms with Gasteiger partial charge in [0.25, 0.3) is 0 Å². The van der Waals surface area contributed by atoms with E-state index >= 15 is 0 Å². The average molecular weight is 287 g/mol. The number of halogens is 1. The number of nitrogens with one attached hydrogen (secondary N) is 2. The summed E-state index contributed by atoms with van der Waals surface area (Å²) in [5, 5.41) is 13.0. The van der Waals surface area contributed by atoms with Crippen LogP contribution in [0.5, 0.6) is 5.75 Å². The minimum absolute atomic E-state index is 0.255. The largest absolute Gasteiger partial charge is 0.506 e. The van der Waals surface area contributed by atoms with Gasteiger partial charge in [0.1, 0.15) is 5.75 Å². The molecule has 1 aromatic carbocycles. The van der Waals surface area contributed by atoms with Crippen LogP contribution < -0.4 is 9.66 Å². The summed E-state index contributed by atoms with van der Waals surface area (Å²) in [6.07, 6.45) is 0.945. The Morgan fingerprint density at radius 1 is 1.31 bits per heavy atom. The third-order valence-electron chi connectivity index (χ3n) is 2.32.